The van der Waals surface area contributed by atoms with E-state index in [1.165, 1.54) is 39.7 Å². The molecular formula is C16H10N4S5. The third-order valence-electron chi connectivity index (χ3n) is 2.98. The Morgan fingerprint density at radius 3 is 2.20 bits per heavy atom. The summed E-state index contributed by atoms with van der Waals surface area (Å²) in [7, 11) is 0. The quantitative estimate of drug-likeness (QED) is 0.409. The van der Waals surface area contributed by atoms with Gasteiger partial charge in [0.05, 0.1) is 11.7 Å². The van der Waals surface area contributed by atoms with Crippen LogP contribution >= 0.6 is 47.2 Å². The highest BCUT2D eigenvalue weighted by Gasteiger charge is 2.18. The molecule has 0 N–H and O–H groups in total. The molecule has 2 heterocycles. The van der Waals surface area contributed by atoms with Gasteiger partial charge in [-0.25, -0.2) is 4.99 Å². The molecule has 3 aromatic rings. The van der Waals surface area contributed by atoms with Crippen LogP contribution in [0.3, 0.4) is 0 Å². The summed E-state index contributed by atoms with van der Waals surface area (Å²) >= 11 is 7.29. The van der Waals surface area contributed by atoms with Crippen molar-refractivity contribution < 1.29 is 0 Å². The van der Waals surface area contributed by atoms with Crippen molar-refractivity contribution in [1.29, 1.82) is 0 Å². The van der Waals surface area contributed by atoms with E-state index in [0.717, 1.165) is 19.2 Å². The van der Waals surface area contributed by atoms with E-state index in [4.69, 9.17) is 4.99 Å². The third-order valence-corrected chi connectivity index (χ3v) is 7.63. The molecule has 2 aromatic carbocycles. The van der Waals surface area contributed by atoms with E-state index in [0.29, 0.717) is 5.82 Å². The second-order valence-corrected chi connectivity index (χ2v) is 9.37. The number of aliphatic imine (C=N–C) groups is 1. The maximum absolute atomic E-state index is 4.71. The first kappa shape index (κ1) is 17.0. The van der Waals surface area contributed by atoms with Crippen molar-refractivity contribution >= 4 is 73.4 Å². The minimum atomic E-state index is 0.658. The van der Waals surface area contributed by atoms with E-state index in [1.807, 2.05) is 36.4 Å². The molecule has 0 aliphatic carbocycles. The zero-order valence-electron chi connectivity index (χ0n) is 12.6. The topological polar surface area (TPSA) is 50.5 Å². The summed E-state index contributed by atoms with van der Waals surface area (Å²) in [6.45, 7) is 0. The normalized spacial score (nSPS) is 15.2. The van der Waals surface area contributed by atoms with Gasteiger partial charge in [0.25, 0.3) is 0 Å². The minimum Gasteiger partial charge on any atom is -0.215 e. The van der Waals surface area contributed by atoms with Crippen LogP contribution in [0.1, 0.15) is 0 Å². The smallest absolute Gasteiger partial charge is 0.201 e. The average molecular weight is 419 g/mol. The Kier molecular flexibility index (Phi) is 5.68. The molecule has 4 nitrogen and oxygen atoms in total. The van der Waals surface area contributed by atoms with Crippen LogP contribution in [0, 0.1) is 0 Å². The Bertz CT molecular complexity index is 962. The van der Waals surface area contributed by atoms with Crippen LogP contribution in [0.25, 0.3) is 0 Å². The van der Waals surface area contributed by atoms with Gasteiger partial charge in [-0.15, -0.1) is 0 Å². The average Bonchev–Trinajstić information content (AvgIpc) is 3.27. The summed E-state index contributed by atoms with van der Waals surface area (Å²) in [4.78, 5) is 7.01. The van der Waals surface area contributed by atoms with Gasteiger partial charge in [-0.05, 0) is 35.4 Å². The Morgan fingerprint density at radius 2 is 1.48 bits per heavy atom. The Hall–Kier alpha value is -1.39. The SMILES string of the molecule is c1ccc(SC2=S=NSC2=Nc2nsnc2Sc2ccccc2)cc1. The largest absolute Gasteiger partial charge is 0.215 e. The fourth-order valence-corrected chi connectivity index (χ4v) is 6.14. The highest BCUT2D eigenvalue weighted by Crippen LogP contribution is 2.35. The molecule has 0 radical (unpaired) electrons. The van der Waals surface area contributed by atoms with Gasteiger partial charge in [0.2, 0.25) is 5.82 Å². The molecule has 0 bridgehead atoms. The summed E-state index contributed by atoms with van der Waals surface area (Å²) in [5.41, 5.74) is 0. The number of hydrogen-bond acceptors (Lipinski definition) is 8. The maximum Gasteiger partial charge on any atom is 0.201 e. The van der Waals surface area contributed by atoms with E-state index in [-0.39, 0.29) is 0 Å². The van der Waals surface area contributed by atoms with E-state index in [9.17, 15) is 0 Å². The number of benzene rings is 2. The number of aromatic nitrogens is 2. The van der Waals surface area contributed by atoms with E-state index in [1.54, 1.807) is 23.5 Å². The van der Waals surface area contributed by atoms with Gasteiger partial charge < -0.3 is 0 Å². The molecule has 25 heavy (non-hydrogen) atoms. The molecule has 9 heteroatoms. The van der Waals surface area contributed by atoms with Crippen molar-refractivity contribution in [2.75, 3.05) is 0 Å². The monoisotopic (exact) mass is 418 g/mol. The van der Waals surface area contributed by atoms with Gasteiger partial charge in [-0.3, -0.25) is 0 Å². The zero-order valence-corrected chi connectivity index (χ0v) is 16.7. The molecule has 0 amide bonds. The van der Waals surface area contributed by atoms with Crippen LogP contribution in [0.15, 0.2) is 84.2 Å². The Balaban J connectivity index is 1.55. The van der Waals surface area contributed by atoms with Crippen LogP contribution in [0.2, 0.25) is 0 Å². The van der Waals surface area contributed by atoms with Gasteiger partial charge in [-0.1, -0.05) is 59.9 Å². The molecule has 0 atom stereocenters. The first-order valence-corrected chi connectivity index (χ1v) is 11.1. The first-order chi connectivity index (χ1) is 12.4. The van der Waals surface area contributed by atoms with Crippen molar-refractivity contribution in [1.82, 2.24) is 8.75 Å². The van der Waals surface area contributed by atoms with Gasteiger partial charge in [0.15, 0.2) is 5.03 Å². The summed E-state index contributed by atoms with van der Waals surface area (Å²) < 4.78 is 14.1. The van der Waals surface area contributed by atoms with Gasteiger partial charge in [-0.2, -0.15) is 12.5 Å². The lowest BCUT2D eigenvalue weighted by Gasteiger charge is -2.02. The molecule has 0 saturated carbocycles. The van der Waals surface area contributed by atoms with Crippen LogP contribution in [-0.2, 0) is 11.1 Å². The Morgan fingerprint density at radius 1 is 0.800 bits per heavy atom. The highest BCUT2D eigenvalue weighted by atomic mass is 32.2. The minimum absolute atomic E-state index is 0.658. The number of hydrogen-bond donors (Lipinski definition) is 0. The molecular weight excluding hydrogens is 409 g/mol. The van der Waals surface area contributed by atoms with Crippen molar-refractivity contribution in [2.45, 2.75) is 14.8 Å². The summed E-state index contributed by atoms with van der Waals surface area (Å²) in [6, 6.07) is 20.4. The summed E-state index contributed by atoms with van der Waals surface area (Å²) in [5.74, 6) is 0.658. The van der Waals surface area contributed by atoms with Crippen LogP contribution in [0.4, 0.5) is 5.82 Å². The van der Waals surface area contributed by atoms with Crippen LogP contribution in [0.5, 0.6) is 0 Å². The second-order valence-electron chi connectivity index (χ2n) is 4.68. The lowest BCUT2D eigenvalue weighted by Crippen LogP contribution is -2.01. The predicted molar refractivity (Wildman–Crippen MR) is 112 cm³/mol. The van der Waals surface area contributed by atoms with Gasteiger partial charge >= 0.3 is 0 Å². The van der Waals surface area contributed by atoms with Crippen molar-refractivity contribution in [3.05, 3.63) is 60.7 Å². The zero-order chi connectivity index (χ0) is 16.9. The molecule has 0 fully saturated rings. The van der Waals surface area contributed by atoms with Crippen molar-refractivity contribution in [3.8, 4) is 0 Å². The predicted octanol–water partition coefficient (Wildman–Crippen LogP) is 5.57. The molecule has 0 saturated heterocycles. The highest BCUT2D eigenvalue weighted by molar-refractivity contribution is 8.34. The lowest BCUT2D eigenvalue weighted by molar-refractivity contribution is 1.22. The van der Waals surface area contributed by atoms with E-state index < -0.39 is 0 Å². The number of rotatable bonds is 4. The van der Waals surface area contributed by atoms with E-state index in [2.05, 4.69) is 36.8 Å². The number of thioether (sulfide) groups is 1. The van der Waals surface area contributed by atoms with Crippen LogP contribution < -0.4 is 0 Å². The van der Waals surface area contributed by atoms with Gasteiger partial charge in [0, 0.05) is 21.7 Å². The molecule has 1 aromatic heterocycles. The molecule has 4 rings (SSSR count). The third kappa shape index (κ3) is 4.42. The molecule has 0 spiro atoms. The Labute approximate surface area is 165 Å². The van der Waals surface area contributed by atoms with Crippen LogP contribution in [-0.4, -0.2) is 18.0 Å². The first-order valence-electron chi connectivity index (χ1n) is 7.17. The second kappa shape index (κ2) is 8.33. The molecule has 1 aliphatic rings. The maximum atomic E-state index is 4.71. The number of nitrogens with zero attached hydrogens (tertiary/aromatic N) is 4. The summed E-state index contributed by atoms with van der Waals surface area (Å²) in [5, 5.41) is 1.70. The van der Waals surface area contributed by atoms with Gasteiger partial charge in [0.1, 0.15) is 9.24 Å². The fraction of sp³-hybridized carbons (Fsp3) is 0. The molecule has 1 aliphatic heterocycles. The molecule has 124 valence electrons. The standard InChI is InChI=1S/C16H10N4S5/c1-3-7-11(8-4-1)21-14-13(18-25-19-14)17-15-16(24-20-23-15)22-12-9-5-2-6-10-12/h1-10H. The molecule has 0 unspecified atom stereocenters. The van der Waals surface area contributed by atoms with Crippen molar-refractivity contribution in [3.63, 3.8) is 0 Å². The van der Waals surface area contributed by atoms with Crippen molar-refractivity contribution in [2.24, 2.45) is 8.76 Å². The fourth-order valence-electron chi connectivity index (χ4n) is 1.89. The summed E-state index contributed by atoms with van der Waals surface area (Å²) in [6.07, 6.45) is 0. The van der Waals surface area contributed by atoms with E-state index >= 15 is 0 Å². The lowest BCUT2D eigenvalue weighted by atomic mass is 10.4.